The van der Waals surface area contributed by atoms with Crippen molar-refractivity contribution in [2.24, 2.45) is 0 Å². The monoisotopic (exact) mass is 301 g/mol. The molecular weight excluding hydrogens is 278 g/mol. The predicted molar refractivity (Wildman–Crippen MR) is 94.5 cm³/mol. The van der Waals surface area contributed by atoms with Crippen LogP contribution in [0.3, 0.4) is 0 Å². The van der Waals surface area contributed by atoms with Gasteiger partial charge < -0.3 is 4.74 Å². The van der Waals surface area contributed by atoms with Gasteiger partial charge in [-0.1, -0.05) is 49.1 Å². The lowest BCUT2D eigenvalue weighted by Gasteiger charge is -2.00. The highest BCUT2D eigenvalue weighted by Crippen LogP contribution is 2.28. The molecule has 0 amide bonds. The van der Waals surface area contributed by atoms with Crippen molar-refractivity contribution in [1.29, 1.82) is 0 Å². The molecule has 0 saturated carbocycles. The first-order chi connectivity index (χ1) is 10.1. The minimum Gasteiger partial charge on any atom is -0.436 e. The first kappa shape index (κ1) is 17.2. The second-order valence-corrected chi connectivity index (χ2v) is 5.40. The molecule has 0 aliphatic rings. The third-order valence-corrected chi connectivity index (χ3v) is 3.69. The number of hydrogen-bond acceptors (Lipinski definition) is 3. The van der Waals surface area contributed by atoms with Crippen LogP contribution in [0.4, 0.5) is 0 Å². The molecule has 3 heteroatoms. The van der Waals surface area contributed by atoms with Crippen LogP contribution in [0.2, 0.25) is 0 Å². The molecule has 0 spiro atoms. The van der Waals surface area contributed by atoms with E-state index in [9.17, 15) is 0 Å². The summed E-state index contributed by atoms with van der Waals surface area (Å²) in [7, 11) is 0. The Labute approximate surface area is 131 Å². The van der Waals surface area contributed by atoms with Crippen LogP contribution in [0.25, 0.3) is 12.2 Å². The molecule has 1 aromatic heterocycles. The van der Waals surface area contributed by atoms with E-state index in [0.717, 1.165) is 22.8 Å². The Morgan fingerprint density at radius 1 is 1.29 bits per heavy atom. The van der Waals surface area contributed by atoms with Crippen LogP contribution < -0.4 is 4.74 Å². The second kappa shape index (κ2) is 9.14. The zero-order chi connectivity index (χ0) is 15.7. The maximum absolute atomic E-state index is 5.78. The molecule has 1 rings (SSSR count). The van der Waals surface area contributed by atoms with Crippen LogP contribution in [0, 0.1) is 0 Å². The molecule has 0 radical (unpaired) electrons. The molecule has 0 unspecified atom stereocenters. The van der Waals surface area contributed by atoms with E-state index in [0.29, 0.717) is 5.19 Å². The standard InChI is InChI=1S/C18H23NOS/c1-6-10-15(8-3)13-12-14(5)20-18-19-16(11-7-2)17(9-4)21-18/h6-7,9-13H,4,8H2,1-3,5H3/b10-6-,11-7-,14-12+,15-13-. The van der Waals surface area contributed by atoms with Crippen molar-refractivity contribution in [2.75, 3.05) is 0 Å². The van der Waals surface area contributed by atoms with Crippen molar-refractivity contribution >= 4 is 23.5 Å². The van der Waals surface area contributed by atoms with Gasteiger partial charge in [0.2, 0.25) is 0 Å². The summed E-state index contributed by atoms with van der Waals surface area (Å²) in [4.78, 5) is 5.48. The van der Waals surface area contributed by atoms with Crippen molar-refractivity contribution in [3.63, 3.8) is 0 Å². The molecule has 1 aromatic rings. The van der Waals surface area contributed by atoms with Gasteiger partial charge in [-0.3, -0.25) is 0 Å². The van der Waals surface area contributed by atoms with Gasteiger partial charge in [0.25, 0.3) is 5.19 Å². The Hall–Kier alpha value is -1.87. The zero-order valence-electron chi connectivity index (χ0n) is 13.2. The topological polar surface area (TPSA) is 22.1 Å². The molecule has 0 saturated heterocycles. The SMILES string of the molecule is C=Cc1sc(O/C(C)=C/C=C(\C=C/C)CC)nc1/C=C\C. The van der Waals surface area contributed by atoms with Gasteiger partial charge in [-0.2, -0.15) is 0 Å². The lowest BCUT2D eigenvalue weighted by molar-refractivity contribution is 0.425. The van der Waals surface area contributed by atoms with E-state index in [2.05, 4.69) is 30.6 Å². The number of hydrogen-bond donors (Lipinski definition) is 0. The lowest BCUT2D eigenvalue weighted by atomic mass is 10.2. The van der Waals surface area contributed by atoms with Gasteiger partial charge in [-0.15, -0.1) is 0 Å². The predicted octanol–water partition coefficient (Wildman–Crippen LogP) is 6.01. The second-order valence-electron chi connectivity index (χ2n) is 4.41. The highest BCUT2D eigenvalue weighted by molar-refractivity contribution is 7.14. The van der Waals surface area contributed by atoms with E-state index in [1.165, 1.54) is 16.9 Å². The number of aromatic nitrogens is 1. The Bertz CT molecular complexity index is 588. The molecule has 0 atom stereocenters. The summed E-state index contributed by atoms with van der Waals surface area (Å²) in [5, 5.41) is 0.643. The average molecular weight is 301 g/mol. The highest BCUT2D eigenvalue weighted by atomic mass is 32.1. The normalized spacial score (nSPS) is 13.3. The van der Waals surface area contributed by atoms with Crippen LogP contribution in [0.15, 0.2) is 48.3 Å². The third-order valence-electron chi connectivity index (χ3n) is 2.74. The lowest BCUT2D eigenvalue weighted by Crippen LogP contribution is -1.89. The summed E-state index contributed by atoms with van der Waals surface area (Å²) in [6.45, 7) is 11.9. The number of ether oxygens (including phenoxy) is 1. The number of nitrogens with zero attached hydrogens (tertiary/aromatic N) is 1. The fraction of sp³-hybridized carbons (Fsp3) is 0.278. The van der Waals surface area contributed by atoms with Crippen LogP contribution in [-0.2, 0) is 0 Å². The summed E-state index contributed by atoms with van der Waals surface area (Å²) < 4.78 is 5.78. The van der Waals surface area contributed by atoms with Crippen LogP contribution >= 0.6 is 11.3 Å². The molecule has 1 heterocycles. The van der Waals surface area contributed by atoms with Crippen molar-refractivity contribution in [3.05, 3.63) is 58.9 Å². The van der Waals surface area contributed by atoms with Gasteiger partial charge in [0.1, 0.15) is 5.76 Å². The van der Waals surface area contributed by atoms with E-state index in [1.54, 1.807) is 6.08 Å². The molecule has 112 valence electrons. The van der Waals surface area contributed by atoms with Crippen molar-refractivity contribution in [2.45, 2.75) is 34.1 Å². The summed E-state index contributed by atoms with van der Waals surface area (Å²) in [6.07, 6.45) is 14.9. The Morgan fingerprint density at radius 2 is 2.05 bits per heavy atom. The largest absolute Gasteiger partial charge is 0.436 e. The van der Waals surface area contributed by atoms with Gasteiger partial charge in [-0.25, -0.2) is 4.98 Å². The zero-order valence-corrected chi connectivity index (χ0v) is 14.0. The van der Waals surface area contributed by atoms with E-state index >= 15 is 0 Å². The fourth-order valence-electron chi connectivity index (χ4n) is 1.69. The Balaban J connectivity index is 2.87. The summed E-state index contributed by atoms with van der Waals surface area (Å²) in [5.74, 6) is 0.821. The first-order valence-electron chi connectivity index (χ1n) is 7.08. The highest BCUT2D eigenvalue weighted by Gasteiger charge is 2.07. The number of thiazole rings is 1. The average Bonchev–Trinajstić information content (AvgIpc) is 2.85. The Morgan fingerprint density at radius 3 is 2.62 bits per heavy atom. The molecule has 21 heavy (non-hydrogen) atoms. The molecule has 0 aliphatic carbocycles. The van der Waals surface area contributed by atoms with E-state index in [-0.39, 0.29) is 0 Å². The number of allylic oxidation sites excluding steroid dienone is 7. The maximum Gasteiger partial charge on any atom is 0.279 e. The first-order valence-corrected chi connectivity index (χ1v) is 7.90. The van der Waals surface area contributed by atoms with Gasteiger partial charge in [0.15, 0.2) is 0 Å². The summed E-state index contributed by atoms with van der Waals surface area (Å²) in [5.41, 5.74) is 2.17. The molecule has 0 bridgehead atoms. The maximum atomic E-state index is 5.78. The van der Waals surface area contributed by atoms with Crippen LogP contribution in [0.1, 0.15) is 44.7 Å². The summed E-state index contributed by atoms with van der Waals surface area (Å²) >= 11 is 1.50. The van der Waals surface area contributed by atoms with Gasteiger partial charge in [0, 0.05) is 0 Å². The van der Waals surface area contributed by atoms with Gasteiger partial charge >= 0.3 is 0 Å². The van der Waals surface area contributed by atoms with E-state index < -0.39 is 0 Å². The minimum atomic E-state index is 0.643. The summed E-state index contributed by atoms with van der Waals surface area (Å²) in [6, 6.07) is 0. The van der Waals surface area contributed by atoms with Crippen LogP contribution in [0.5, 0.6) is 5.19 Å². The van der Waals surface area contributed by atoms with E-state index in [4.69, 9.17) is 4.74 Å². The molecule has 0 fully saturated rings. The van der Waals surface area contributed by atoms with Crippen molar-refractivity contribution in [3.8, 4) is 5.19 Å². The van der Waals surface area contributed by atoms with Crippen LogP contribution in [-0.4, -0.2) is 4.98 Å². The van der Waals surface area contributed by atoms with Crippen molar-refractivity contribution in [1.82, 2.24) is 4.98 Å². The molecule has 2 nitrogen and oxygen atoms in total. The smallest absolute Gasteiger partial charge is 0.279 e. The fourth-order valence-corrected chi connectivity index (χ4v) is 2.50. The minimum absolute atomic E-state index is 0.643. The van der Waals surface area contributed by atoms with Gasteiger partial charge in [0.05, 0.1) is 10.6 Å². The third kappa shape index (κ3) is 5.56. The molecule has 0 aromatic carbocycles. The molecular formula is C18H23NOS. The quantitative estimate of drug-likeness (QED) is 0.454. The van der Waals surface area contributed by atoms with Crippen molar-refractivity contribution < 1.29 is 4.74 Å². The Kier molecular flexibility index (Phi) is 7.48. The number of rotatable bonds is 7. The van der Waals surface area contributed by atoms with Gasteiger partial charge in [-0.05, 0) is 51.0 Å². The molecule has 0 N–H and O–H groups in total. The molecule has 0 aliphatic heterocycles. The van der Waals surface area contributed by atoms with E-state index in [1.807, 2.05) is 45.1 Å².